The van der Waals surface area contributed by atoms with E-state index in [1.807, 2.05) is 37.3 Å². The van der Waals surface area contributed by atoms with Crippen LogP contribution < -0.4 is 21.5 Å². The highest BCUT2D eigenvalue weighted by atomic mass is 16.2. The minimum absolute atomic E-state index is 0.0839. The number of benzene rings is 2. The number of hydrazine groups is 1. The molecule has 2 aromatic rings. The molecular weight excluding hydrogens is 316 g/mol. The summed E-state index contributed by atoms with van der Waals surface area (Å²) in [6.45, 7) is 2.97. The van der Waals surface area contributed by atoms with Crippen molar-refractivity contribution in [2.45, 2.75) is 13.0 Å². The van der Waals surface area contributed by atoms with E-state index in [4.69, 9.17) is 0 Å². The highest BCUT2D eigenvalue weighted by molar-refractivity contribution is 5.98. The Kier molecular flexibility index (Phi) is 5.42. The Hall–Kier alpha value is -2.70. The van der Waals surface area contributed by atoms with Gasteiger partial charge in [0.1, 0.15) is 0 Å². The molecule has 1 heterocycles. The van der Waals surface area contributed by atoms with Gasteiger partial charge in [-0.2, -0.15) is 0 Å². The standard InChI is InChI=1S/C19H22N4O2/c1-2-20-18(24)14-9-6-10-15(11-14)22-19(25)16-12-21-23-17(16)13-7-4-3-5-8-13/h3-11,16-17,21,23H,2,12H2,1H3,(H,20,24)(H,22,25). The maximum Gasteiger partial charge on any atom is 0.251 e. The fraction of sp³-hybridized carbons (Fsp3) is 0.263. The lowest BCUT2D eigenvalue weighted by Crippen LogP contribution is -2.29. The summed E-state index contributed by atoms with van der Waals surface area (Å²) < 4.78 is 0. The molecule has 1 aliphatic heterocycles. The molecule has 2 unspecified atom stereocenters. The first-order valence-electron chi connectivity index (χ1n) is 8.41. The van der Waals surface area contributed by atoms with Crippen molar-refractivity contribution in [1.29, 1.82) is 0 Å². The summed E-state index contributed by atoms with van der Waals surface area (Å²) in [5.41, 5.74) is 8.43. The molecule has 2 atom stereocenters. The summed E-state index contributed by atoms with van der Waals surface area (Å²) in [4.78, 5) is 24.6. The minimum Gasteiger partial charge on any atom is -0.352 e. The smallest absolute Gasteiger partial charge is 0.251 e. The second-order valence-corrected chi connectivity index (χ2v) is 5.95. The number of anilines is 1. The van der Waals surface area contributed by atoms with Crippen LogP contribution in [0.3, 0.4) is 0 Å². The van der Waals surface area contributed by atoms with Gasteiger partial charge in [0.25, 0.3) is 5.91 Å². The van der Waals surface area contributed by atoms with Crippen LogP contribution in [0.25, 0.3) is 0 Å². The van der Waals surface area contributed by atoms with E-state index in [2.05, 4.69) is 21.5 Å². The molecule has 2 aromatic carbocycles. The summed E-state index contributed by atoms with van der Waals surface area (Å²) in [6, 6.07) is 16.7. The molecule has 0 radical (unpaired) electrons. The van der Waals surface area contributed by atoms with Gasteiger partial charge in [-0.1, -0.05) is 36.4 Å². The van der Waals surface area contributed by atoms with Crippen LogP contribution in [0.4, 0.5) is 5.69 Å². The van der Waals surface area contributed by atoms with Crippen molar-refractivity contribution >= 4 is 17.5 Å². The third-order valence-electron chi connectivity index (χ3n) is 4.21. The average Bonchev–Trinajstić information content (AvgIpc) is 3.13. The fourth-order valence-corrected chi connectivity index (χ4v) is 2.95. The van der Waals surface area contributed by atoms with Gasteiger partial charge in [-0.25, -0.2) is 5.43 Å². The Morgan fingerprint density at radius 3 is 2.68 bits per heavy atom. The molecule has 130 valence electrons. The van der Waals surface area contributed by atoms with Crippen molar-refractivity contribution in [3.63, 3.8) is 0 Å². The Balaban J connectivity index is 1.71. The van der Waals surface area contributed by atoms with E-state index in [1.54, 1.807) is 24.3 Å². The Labute approximate surface area is 147 Å². The lowest BCUT2D eigenvalue weighted by molar-refractivity contribution is -0.119. The molecule has 0 saturated carbocycles. The quantitative estimate of drug-likeness (QED) is 0.670. The molecule has 6 nitrogen and oxygen atoms in total. The van der Waals surface area contributed by atoms with Crippen LogP contribution >= 0.6 is 0 Å². The zero-order valence-corrected chi connectivity index (χ0v) is 14.1. The highest BCUT2D eigenvalue weighted by Crippen LogP contribution is 2.26. The number of rotatable bonds is 5. The maximum absolute atomic E-state index is 12.7. The number of amides is 2. The monoisotopic (exact) mass is 338 g/mol. The molecule has 0 bridgehead atoms. The van der Waals surface area contributed by atoms with Crippen LogP contribution in [0.5, 0.6) is 0 Å². The van der Waals surface area contributed by atoms with Crippen molar-refractivity contribution in [2.75, 3.05) is 18.4 Å². The predicted octanol–water partition coefficient (Wildman–Crippen LogP) is 1.84. The van der Waals surface area contributed by atoms with Crippen LogP contribution in [0, 0.1) is 5.92 Å². The van der Waals surface area contributed by atoms with Gasteiger partial charge in [-0.15, -0.1) is 0 Å². The first-order valence-corrected chi connectivity index (χ1v) is 8.41. The van der Waals surface area contributed by atoms with E-state index in [-0.39, 0.29) is 23.8 Å². The zero-order chi connectivity index (χ0) is 17.6. The third kappa shape index (κ3) is 4.04. The number of carbonyl (C=O) groups is 2. The Morgan fingerprint density at radius 1 is 1.12 bits per heavy atom. The lowest BCUT2D eigenvalue weighted by Gasteiger charge is -2.18. The van der Waals surface area contributed by atoms with Crippen LogP contribution in [-0.4, -0.2) is 24.9 Å². The van der Waals surface area contributed by atoms with E-state index in [1.165, 1.54) is 0 Å². The minimum atomic E-state index is -0.240. The topological polar surface area (TPSA) is 82.3 Å². The summed E-state index contributed by atoms with van der Waals surface area (Å²) in [5, 5.41) is 5.68. The second-order valence-electron chi connectivity index (χ2n) is 5.95. The number of hydrogen-bond acceptors (Lipinski definition) is 4. The van der Waals surface area contributed by atoms with Gasteiger partial charge in [-0.05, 0) is 30.7 Å². The number of carbonyl (C=O) groups excluding carboxylic acids is 2. The molecule has 6 heteroatoms. The van der Waals surface area contributed by atoms with E-state index >= 15 is 0 Å². The Morgan fingerprint density at radius 2 is 1.92 bits per heavy atom. The molecule has 2 amide bonds. The van der Waals surface area contributed by atoms with Gasteiger partial charge in [-0.3, -0.25) is 15.0 Å². The van der Waals surface area contributed by atoms with Crippen molar-refractivity contribution < 1.29 is 9.59 Å². The third-order valence-corrected chi connectivity index (χ3v) is 4.21. The lowest BCUT2D eigenvalue weighted by atomic mass is 9.94. The van der Waals surface area contributed by atoms with Crippen molar-refractivity contribution in [2.24, 2.45) is 5.92 Å². The van der Waals surface area contributed by atoms with E-state index in [0.717, 1.165) is 5.56 Å². The molecule has 1 fully saturated rings. The van der Waals surface area contributed by atoms with Crippen molar-refractivity contribution in [3.8, 4) is 0 Å². The van der Waals surface area contributed by atoms with E-state index in [9.17, 15) is 9.59 Å². The van der Waals surface area contributed by atoms with E-state index in [0.29, 0.717) is 24.3 Å². The van der Waals surface area contributed by atoms with Crippen LogP contribution in [0.1, 0.15) is 28.9 Å². The first kappa shape index (κ1) is 17.1. The SMILES string of the molecule is CCNC(=O)c1cccc(NC(=O)C2CNNC2c2ccccc2)c1. The molecular formula is C19H22N4O2. The summed E-state index contributed by atoms with van der Waals surface area (Å²) in [5.74, 6) is -0.472. The predicted molar refractivity (Wildman–Crippen MR) is 96.9 cm³/mol. The Bertz CT molecular complexity index is 748. The van der Waals surface area contributed by atoms with Gasteiger partial charge in [0, 0.05) is 24.3 Å². The molecule has 1 saturated heterocycles. The largest absolute Gasteiger partial charge is 0.352 e. The molecule has 1 aliphatic rings. The number of hydrogen-bond donors (Lipinski definition) is 4. The fourth-order valence-electron chi connectivity index (χ4n) is 2.95. The van der Waals surface area contributed by atoms with Crippen LogP contribution in [-0.2, 0) is 4.79 Å². The summed E-state index contributed by atoms with van der Waals surface area (Å²) in [6.07, 6.45) is 0. The molecule has 0 aliphatic carbocycles. The first-order chi connectivity index (χ1) is 12.2. The van der Waals surface area contributed by atoms with Crippen LogP contribution in [0.15, 0.2) is 54.6 Å². The normalized spacial score (nSPS) is 19.4. The van der Waals surface area contributed by atoms with Gasteiger partial charge in [0.2, 0.25) is 5.91 Å². The molecule has 25 heavy (non-hydrogen) atoms. The summed E-state index contributed by atoms with van der Waals surface area (Å²) in [7, 11) is 0. The van der Waals surface area contributed by atoms with E-state index < -0.39 is 0 Å². The van der Waals surface area contributed by atoms with Gasteiger partial charge >= 0.3 is 0 Å². The number of nitrogens with one attached hydrogen (secondary N) is 4. The van der Waals surface area contributed by atoms with Crippen molar-refractivity contribution in [1.82, 2.24) is 16.2 Å². The van der Waals surface area contributed by atoms with Gasteiger partial charge in [0.05, 0.1) is 12.0 Å². The van der Waals surface area contributed by atoms with Crippen molar-refractivity contribution in [3.05, 3.63) is 65.7 Å². The molecule has 0 aromatic heterocycles. The van der Waals surface area contributed by atoms with Gasteiger partial charge < -0.3 is 10.6 Å². The summed E-state index contributed by atoms with van der Waals surface area (Å²) >= 11 is 0. The zero-order valence-electron chi connectivity index (χ0n) is 14.1. The average molecular weight is 338 g/mol. The maximum atomic E-state index is 12.7. The second kappa shape index (κ2) is 7.92. The van der Waals surface area contributed by atoms with Crippen LogP contribution in [0.2, 0.25) is 0 Å². The molecule has 4 N–H and O–H groups in total. The molecule has 0 spiro atoms. The highest BCUT2D eigenvalue weighted by Gasteiger charge is 2.33. The van der Waals surface area contributed by atoms with Gasteiger partial charge in [0.15, 0.2) is 0 Å². The molecule has 3 rings (SSSR count).